The minimum Gasteiger partial charge on any atom is -0.399 e. The molecule has 0 aliphatic rings. The lowest BCUT2D eigenvalue weighted by molar-refractivity contribution is 0.0879. The van der Waals surface area contributed by atoms with Gasteiger partial charge in [0.05, 0.1) is 23.2 Å². The summed E-state index contributed by atoms with van der Waals surface area (Å²) in [5.41, 5.74) is 6.41. The SMILES string of the molecule is COCC(CCO)NC(=O)c1ccc(N)cc1Cl. The zero-order chi connectivity index (χ0) is 13.5. The van der Waals surface area contributed by atoms with Crippen molar-refractivity contribution in [3.63, 3.8) is 0 Å². The van der Waals surface area contributed by atoms with Crippen LogP contribution in [0.2, 0.25) is 5.02 Å². The Morgan fingerprint density at radius 3 is 2.89 bits per heavy atom. The third kappa shape index (κ3) is 4.18. The highest BCUT2D eigenvalue weighted by atomic mass is 35.5. The Labute approximate surface area is 111 Å². The molecular weight excluding hydrogens is 256 g/mol. The van der Waals surface area contributed by atoms with Crippen LogP contribution in [-0.2, 0) is 4.74 Å². The van der Waals surface area contributed by atoms with Crippen molar-refractivity contribution in [2.45, 2.75) is 12.5 Å². The van der Waals surface area contributed by atoms with Crippen LogP contribution in [0.25, 0.3) is 0 Å². The summed E-state index contributed by atoms with van der Waals surface area (Å²) in [5, 5.41) is 11.9. The molecule has 0 fully saturated rings. The number of ether oxygens (including phenoxy) is 1. The molecular formula is C12H17ClN2O3. The molecule has 0 bridgehead atoms. The standard InChI is InChI=1S/C12H17ClN2O3/c1-18-7-9(4-5-16)15-12(17)10-3-2-8(14)6-11(10)13/h2-3,6,9,16H,4-5,7,14H2,1H3,(H,15,17). The first-order valence-corrected chi connectivity index (χ1v) is 5.92. The third-order valence-electron chi connectivity index (χ3n) is 2.42. The van der Waals surface area contributed by atoms with Gasteiger partial charge in [-0.3, -0.25) is 4.79 Å². The monoisotopic (exact) mass is 272 g/mol. The lowest BCUT2D eigenvalue weighted by Crippen LogP contribution is -2.38. The van der Waals surface area contributed by atoms with Gasteiger partial charge in [-0.2, -0.15) is 0 Å². The Morgan fingerprint density at radius 1 is 1.61 bits per heavy atom. The Kier molecular flexibility index (Phi) is 5.91. The van der Waals surface area contributed by atoms with E-state index in [1.165, 1.54) is 13.2 Å². The maximum atomic E-state index is 12.0. The van der Waals surface area contributed by atoms with Gasteiger partial charge < -0.3 is 20.9 Å². The Bertz CT molecular complexity index is 406. The number of methoxy groups -OCH3 is 1. The van der Waals surface area contributed by atoms with E-state index >= 15 is 0 Å². The zero-order valence-electron chi connectivity index (χ0n) is 10.1. The number of nitrogens with two attached hydrogens (primary N) is 1. The van der Waals surface area contributed by atoms with Crippen molar-refractivity contribution in [2.24, 2.45) is 0 Å². The second-order valence-electron chi connectivity index (χ2n) is 3.88. The van der Waals surface area contributed by atoms with Crippen LogP contribution in [-0.4, -0.2) is 37.4 Å². The zero-order valence-corrected chi connectivity index (χ0v) is 10.9. The van der Waals surface area contributed by atoms with Crippen LogP contribution in [0.1, 0.15) is 16.8 Å². The number of halogens is 1. The van der Waals surface area contributed by atoms with E-state index in [4.69, 9.17) is 27.2 Å². The van der Waals surface area contributed by atoms with E-state index in [1.807, 2.05) is 0 Å². The molecule has 18 heavy (non-hydrogen) atoms. The van der Waals surface area contributed by atoms with Crippen molar-refractivity contribution >= 4 is 23.2 Å². The number of rotatable bonds is 6. The van der Waals surface area contributed by atoms with E-state index in [0.29, 0.717) is 29.3 Å². The van der Waals surface area contributed by atoms with Crippen LogP contribution in [0.4, 0.5) is 5.69 Å². The largest absolute Gasteiger partial charge is 0.399 e. The first-order valence-electron chi connectivity index (χ1n) is 5.54. The summed E-state index contributed by atoms with van der Waals surface area (Å²) in [5.74, 6) is -0.310. The van der Waals surface area contributed by atoms with E-state index < -0.39 is 0 Å². The molecule has 0 spiro atoms. The number of benzene rings is 1. The number of aliphatic hydroxyl groups is 1. The van der Waals surface area contributed by atoms with Gasteiger partial charge in [-0.25, -0.2) is 0 Å². The van der Waals surface area contributed by atoms with E-state index in [-0.39, 0.29) is 18.6 Å². The molecule has 0 heterocycles. The molecule has 6 heteroatoms. The molecule has 5 nitrogen and oxygen atoms in total. The Balaban J connectivity index is 2.73. The molecule has 0 radical (unpaired) electrons. The number of nitrogens with one attached hydrogen (secondary N) is 1. The summed E-state index contributed by atoms with van der Waals surface area (Å²) < 4.78 is 4.96. The Hall–Kier alpha value is -1.30. The van der Waals surface area contributed by atoms with Gasteiger partial charge in [0.25, 0.3) is 5.91 Å². The smallest absolute Gasteiger partial charge is 0.253 e. The van der Waals surface area contributed by atoms with E-state index in [2.05, 4.69) is 5.32 Å². The van der Waals surface area contributed by atoms with Crippen LogP contribution in [0.5, 0.6) is 0 Å². The van der Waals surface area contributed by atoms with Gasteiger partial charge in [0, 0.05) is 19.4 Å². The lowest BCUT2D eigenvalue weighted by Gasteiger charge is -2.17. The molecule has 1 unspecified atom stereocenters. The predicted octanol–water partition coefficient (Wildman–Crippen LogP) is 1.05. The third-order valence-corrected chi connectivity index (χ3v) is 2.73. The second kappa shape index (κ2) is 7.20. The van der Waals surface area contributed by atoms with Gasteiger partial charge >= 0.3 is 0 Å². The maximum Gasteiger partial charge on any atom is 0.253 e. The summed E-state index contributed by atoms with van der Waals surface area (Å²) in [6.45, 7) is 0.308. The van der Waals surface area contributed by atoms with Crippen LogP contribution in [0, 0.1) is 0 Å². The minimum absolute atomic E-state index is 0.0240. The molecule has 1 amide bonds. The summed E-state index contributed by atoms with van der Waals surface area (Å²) in [4.78, 5) is 12.0. The van der Waals surface area contributed by atoms with Gasteiger partial charge in [-0.15, -0.1) is 0 Å². The summed E-state index contributed by atoms with van der Waals surface area (Å²) in [7, 11) is 1.53. The molecule has 1 atom stereocenters. The summed E-state index contributed by atoms with van der Waals surface area (Å²) in [6, 6.07) is 4.45. The highest BCUT2D eigenvalue weighted by Crippen LogP contribution is 2.19. The lowest BCUT2D eigenvalue weighted by atomic mass is 10.1. The fraction of sp³-hybridized carbons (Fsp3) is 0.417. The molecule has 100 valence electrons. The number of hydrogen-bond acceptors (Lipinski definition) is 4. The van der Waals surface area contributed by atoms with Crippen LogP contribution < -0.4 is 11.1 Å². The first-order chi connectivity index (χ1) is 8.58. The number of carbonyl (C=O) groups is 1. The van der Waals surface area contributed by atoms with Crippen molar-refractivity contribution in [1.29, 1.82) is 0 Å². The predicted molar refractivity (Wildman–Crippen MR) is 70.7 cm³/mol. The van der Waals surface area contributed by atoms with Crippen molar-refractivity contribution in [1.82, 2.24) is 5.32 Å². The summed E-state index contributed by atoms with van der Waals surface area (Å²) >= 11 is 5.94. The fourth-order valence-electron chi connectivity index (χ4n) is 1.53. The molecule has 1 aromatic rings. The minimum atomic E-state index is -0.310. The normalized spacial score (nSPS) is 12.2. The van der Waals surface area contributed by atoms with Crippen molar-refractivity contribution in [3.05, 3.63) is 28.8 Å². The molecule has 1 aromatic carbocycles. The maximum absolute atomic E-state index is 12.0. The van der Waals surface area contributed by atoms with Crippen molar-refractivity contribution < 1.29 is 14.6 Å². The molecule has 0 aliphatic heterocycles. The van der Waals surface area contributed by atoms with Gasteiger partial charge in [-0.1, -0.05) is 11.6 Å². The summed E-state index contributed by atoms with van der Waals surface area (Å²) in [6.07, 6.45) is 0.423. The van der Waals surface area contributed by atoms with Crippen molar-refractivity contribution in [3.8, 4) is 0 Å². The topological polar surface area (TPSA) is 84.6 Å². The van der Waals surface area contributed by atoms with Gasteiger partial charge in [0.2, 0.25) is 0 Å². The molecule has 1 rings (SSSR count). The average molecular weight is 273 g/mol. The van der Waals surface area contributed by atoms with E-state index in [1.54, 1.807) is 12.1 Å². The second-order valence-corrected chi connectivity index (χ2v) is 4.28. The highest BCUT2D eigenvalue weighted by molar-refractivity contribution is 6.34. The molecule has 4 N–H and O–H groups in total. The molecule has 0 saturated heterocycles. The van der Waals surface area contributed by atoms with Crippen LogP contribution >= 0.6 is 11.6 Å². The van der Waals surface area contributed by atoms with Gasteiger partial charge in [-0.05, 0) is 24.6 Å². The number of hydrogen-bond donors (Lipinski definition) is 3. The van der Waals surface area contributed by atoms with Gasteiger partial charge in [0.1, 0.15) is 0 Å². The number of amides is 1. The van der Waals surface area contributed by atoms with E-state index in [0.717, 1.165) is 0 Å². The quantitative estimate of drug-likeness (QED) is 0.676. The average Bonchev–Trinajstić information content (AvgIpc) is 2.29. The highest BCUT2D eigenvalue weighted by Gasteiger charge is 2.15. The number of carbonyl (C=O) groups excluding carboxylic acids is 1. The molecule has 0 saturated carbocycles. The number of aliphatic hydroxyl groups excluding tert-OH is 1. The molecule has 0 aliphatic carbocycles. The first kappa shape index (κ1) is 14.8. The Morgan fingerprint density at radius 2 is 2.33 bits per heavy atom. The van der Waals surface area contributed by atoms with Gasteiger partial charge in [0.15, 0.2) is 0 Å². The van der Waals surface area contributed by atoms with Crippen LogP contribution in [0.15, 0.2) is 18.2 Å². The number of nitrogen functional groups attached to an aromatic ring is 1. The molecule has 0 aromatic heterocycles. The number of anilines is 1. The van der Waals surface area contributed by atoms with Crippen LogP contribution in [0.3, 0.4) is 0 Å². The van der Waals surface area contributed by atoms with Crippen molar-refractivity contribution in [2.75, 3.05) is 26.1 Å². The van der Waals surface area contributed by atoms with E-state index in [9.17, 15) is 4.79 Å². The fourth-order valence-corrected chi connectivity index (χ4v) is 1.81.